The van der Waals surface area contributed by atoms with E-state index in [1.54, 1.807) is 0 Å². The van der Waals surface area contributed by atoms with Crippen molar-refractivity contribution in [1.82, 2.24) is 0 Å². The van der Waals surface area contributed by atoms with Crippen molar-refractivity contribution in [3.63, 3.8) is 0 Å². The molecule has 0 unspecified atom stereocenters. The first-order valence-electron chi connectivity index (χ1n) is 3.60. The molecule has 1 aromatic carbocycles. The van der Waals surface area contributed by atoms with Crippen LogP contribution < -0.4 is 0 Å². The number of amides is 1. The maximum Gasteiger partial charge on any atom is 0.319 e. The lowest BCUT2D eigenvalue weighted by atomic mass is 10.2. The molecule has 0 spiro atoms. The predicted molar refractivity (Wildman–Crippen MR) is 48.8 cm³/mol. The Kier molecular flexibility index (Phi) is 3.24. The SMILES string of the molecule is O=C(N=S(=O)=O)c1cccc([N+](=O)[O-])c1. The van der Waals surface area contributed by atoms with Crippen LogP contribution in [0.15, 0.2) is 28.6 Å². The summed E-state index contributed by atoms with van der Waals surface area (Å²) in [6.45, 7) is 0. The van der Waals surface area contributed by atoms with Gasteiger partial charge in [-0.05, 0) is 6.07 Å². The average Bonchev–Trinajstić information content (AvgIpc) is 2.17. The summed E-state index contributed by atoms with van der Waals surface area (Å²) in [6.07, 6.45) is 0. The van der Waals surface area contributed by atoms with Crippen LogP contribution in [0.25, 0.3) is 0 Å². The summed E-state index contributed by atoms with van der Waals surface area (Å²) in [7, 11) is -2.86. The van der Waals surface area contributed by atoms with E-state index in [0.29, 0.717) is 0 Å². The number of nitro groups is 1. The van der Waals surface area contributed by atoms with Crippen LogP contribution >= 0.6 is 0 Å². The second kappa shape index (κ2) is 4.42. The first-order valence-corrected chi connectivity index (χ1v) is 4.64. The maximum atomic E-state index is 11.0. The third kappa shape index (κ3) is 2.95. The number of rotatable bonds is 2. The van der Waals surface area contributed by atoms with E-state index >= 15 is 0 Å². The van der Waals surface area contributed by atoms with E-state index in [9.17, 15) is 23.3 Å². The molecule has 0 saturated heterocycles. The number of nitro benzene ring substituents is 1. The molecule has 1 aromatic rings. The first kappa shape index (κ1) is 11.0. The summed E-state index contributed by atoms with van der Waals surface area (Å²) in [5.41, 5.74) is -0.443. The number of carbonyl (C=O) groups is 1. The fourth-order valence-electron chi connectivity index (χ4n) is 0.873. The van der Waals surface area contributed by atoms with Crippen molar-refractivity contribution in [1.29, 1.82) is 0 Å². The van der Waals surface area contributed by atoms with E-state index in [-0.39, 0.29) is 11.3 Å². The fraction of sp³-hybridized carbons (Fsp3) is 0. The Hall–Kier alpha value is -2.09. The third-order valence-corrected chi connectivity index (χ3v) is 1.78. The zero-order valence-electron chi connectivity index (χ0n) is 7.15. The van der Waals surface area contributed by atoms with Crippen LogP contribution in [-0.4, -0.2) is 19.2 Å². The molecule has 1 amide bonds. The lowest BCUT2D eigenvalue weighted by Gasteiger charge is -1.93. The van der Waals surface area contributed by atoms with Crippen molar-refractivity contribution in [3.05, 3.63) is 39.9 Å². The molecule has 0 aliphatic heterocycles. The number of carbonyl (C=O) groups excluding carboxylic acids is 1. The molecule has 0 atom stereocenters. The molecule has 15 heavy (non-hydrogen) atoms. The monoisotopic (exact) mass is 228 g/mol. The molecule has 0 aliphatic rings. The Balaban J connectivity index is 3.17. The Morgan fingerprint density at radius 2 is 2.07 bits per heavy atom. The van der Waals surface area contributed by atoms with Gasteiger partial charge < -0.3 is 0 Å². The molecule has 8 heteroatoms. The summed E-state index contributed by atoms with van der Waals surface area (Å²) in [5.74, 6) is -1.04. The Bertz CT molecular complexity index is 540. The van der Waals surface area contributed by atoms with Crippen LogP contribution in [0.4, 0.5) is 5.69 Å². The second-order valence-corrected chi connectivity index (χ2v) is 3.04. The van der Waals surface area contributed by atoms with Gasteiger partial charge in [0.15, 0.2) is 0 Å². The summed E-state index contributed by atoms with van der Waals surface area (Å²) >= 11 is 0. The molecule has 0 aliphatic carbocycles. The zero-order valence-corrected chi connectivity index (χ0v) is 7.97. The number of non-ortho nitro benzene ring substituents is 1. The molecule has 0 radical (unpaired) electrons. The van der Waals surface area contributed by atoms with Gasteiger partial charge in [0, 0.05) is 17.7 Å². The van der Waals surface area contributed by atoms with Gasteiger partial charge >= 0.3 is 10.5 Å². The van der Waals surface area contributed by atoms with Crippen LogP contribution in [0.2, 0.25) is 0 Å². The van der Waals surface area contributed by atoms with Crippen molar-refractivity contribution in [3.8, 4) is 0 Å². The van der Waals surface area contributed by atoms with Crippen LogP contribution in [0.5, 0.6) is 0 Å². The molecule has 0 bridgehead atoms. The van der Waals surface area contributed by atoms with Crippen LogP contribution in [0, 0.1) is 10.1 Å². The van der Waals surface area contributed by atoms with Crippen molar-refractivity contribution in [2.45, 2.75) is 0 Å². The van der Waals surface area contributed by atoms with E-state index in [1.807, 2.05) is 0 Å². The number of nitrogens with zero attached hydrogens (tertiary/aromatic N) is 2. The van der Waals surface area contributed by atoms with Gasteiger partial charge in [0.25, 0.3) is 11.6 Å². The van der Waals surface area contributed by atoms with Gasteiger partial charge in [0.1, 0.15) is 0 Å². The van der Waals surface area contributed by atoms with E-state index < -0.39 is 21.3 Å². The highest BCUT2D eigenvalue weighted by Crippen LogP contribution is 2.13. The molecule has 0 heterocycles. The fourth-order valence-corrected chi connectivity index (χ4v) is 1.11. The standard InChI is InChI=1S/C7H4N2O5S/c10-7(8-15(13)14)5-2-1-3-6(4-5)9(11)12/h1-4H. The molecule has 0 N–H and O–H groups in total. The predicted octanol–water partition coefficient (Wildman–Crippen LogP) is 0.798. The molecule has 78 valence electrons. The summed E-state index contributed by atoms with van der Waals surface area (Å²) in [5, 5.41) is 10.3. The summed E-state index contributed by atoms with van der Waals surface area (Å²) in [6, 6.07) is 4.66. The minimum Gasteiger partial charge on any atom is -0.266 e. The lowest BCUT2D eigenvalue weighted by Crippen LogP contribution is -1.96. The van der Waals surface area contributed by atoms with E-state index in [1.165, 1.54) is 18.2 Å². The number of hydrogen-bond donors (Lipinski definition) is 0. The highest BCUT2D eigenvalue weighted by Gasteiger charge is 2.10. The van der Waals surface area contributed by atoms with Gasteiger partial charge in [-0.1, -0.05) is 10.4 Å². The molecular formula is C7H4N2O5S. The van der Waals surface area contributed by atoms with Crippen LogP contribution in [0.3, 0.4) is 0 Å². The van der Waals surface area contributed by atoms with E-state index in [2.05, 4.69) is 4.36 Å². The minimum absolute atomic E-state index is 0.145. The normalized spacial score (nSPS) is 9.33. The highest BCUT2D eigenvalue weighted by atomic mass is 32.2. The number of hydrogen-bond acceptors (Lipinski definition) is 5. The maximum absolute atomic E-state index is 11.0. The van der Waals surface area contributed by atoms with Crippen molar-refractivity contribution in [2.75, 3.05) is 0 Å². The minimum atomic E-state index is -2.86. The van der Waals surface area contributed by atoms with E-state index in [0.717, 1.165) is 6.07 Å². The van der Waals surface area contributed by atoms with E-state index in [4.69, 9.17) is 0 Å². The largest absolute Gasteiger partial charge is 0.319 e. The molecule has 0 aromatic heterocycles. The van der Waals surface area contributed by atoms with Crippen molar-refractivity contribution in [2.24, 2.45) is 4.36 Å². The van der Waals surface area contributed by atoms with Gasteiger partial charge in [-0.25, -0.2) is 0 Å². The third-order valence-electron chi connectivity index (χ3n) is 1.46. The molecular weight excluding hydrogens is 224 g/mol. The topological polar surface area (TPSA) is 107 Å². The average molecular weight is 228 g/mol. The van der Waals surface area contributed by atoms with Crippen molar-refractivity contribution >= 4 is 22.1 Å². The van der Waals surface area contributed by atoms with Gasteiger partial charge in [-0.3, -0.25) is 14.9 Å². The van der Waals surface area contributed by atoms with Crippen LogP contribution in [-0.2, 0) is 10.5 Å². The molecule has 1 rings (SSSR count). The quantitative estimate of drug-likeness (QED) is 0.549. The zero-order chi connectivity index (χ0) is 11.4. The van der Waals surface area contributed by atoms with Gasteiger partial charge in [0.05, 0.1) is 4.92 Å². The van der Waals surface area contributed by atoms with Gasteiger partial charge in [0.2, 0.25) is 0 Å². The smallest absolute Gasteiger partial charge is 0.266 e. The second-order valence-electron chi connectivity index (χ2n) is 2.42. The molecule has 0 saturated carbocycles. The van der Waals surface area contributed by atoms with Gasteiger partial charge in [-0.15, -0.1) is 0 Å². The molecule has 7 nitrogen and oxygen atoms in total. The Morgan fingerprint density at radius 1 is 1.40 bits per heavy atom. The van der Waals surface area contributed by atoms with Crippen molar-refractivity contribution < 1.29 is 18.1 Å². The summed E-state index contributed by atoms with van der Waals surface area (Å²) in [4.78, 5) is 20.7. The first-order chi connectivity index (χ1) is 7.00. The highest BCUT2D eigenvalue weighted by molar-refractivity contribution is 7.62. The lowest BCUT2D eigenvalue weighted by molar-refractivity contribution is -0.384. The molecule has 0 fully saturated rings. The summed E-state index contributed by atoms with van der Waals surface area (Å²) < 4.78 is 22.9. The number of benzene rings is 1. The Labute approximate surface area is 85.2 Å². The Morgan fingerprint density at radius 3 is 2.60 bits per heavy atom. The van der Waals surface area contributed by atoms with Crippen LogP contribution in [0.1, 0.15) is 10.4 Å². The van der Waals surface area contributed by atoms with Gasteiger partial charge in [-0.2, -0.15) is 8.42 Å².